The topological polar surface area (TPSA) is 68.9 Å². The lowest BCUT2D eigenvalue weighted by molar-refractivity contribution is 0.355. The van der Waals surface area contributed by atoms with Gasteiger partial charge in [-0.1, -0.05) is 6.08 Å². The number of nitrogens with two attached hydrogens (primary N) is 1. The molecule has 5 nitrogen and oxygen atoms in total. The molecule has 0 aromatic heterocycles. The number of rotatable bonds is 5. The standard InChI is InChI=1S/C12H17N3O2/c1-4-7-14-12(13)15-9-5-6-10(16-2)11(8-9)17-3/h4-6,8H,1,7H2,2-3H3,(H3,13,14,15). The van der Waals surface area contributed by atoms with Crippen LogP contribution in [0.25, 0.3) is 0 Å². The zero-order chi connectivity index (χ0) is 12.7. The van der Waals surface area contributed by atoms with Crippen molar-refractivity contribution in [3.05, 3.63) is 30.9 Å². The summed E-state index contributed by atoms with van der Waals surface area (Å²) in [4.78, 5) is 4.03. The third-order valence-electron chi connectivity index (χ3n) is 2.05. The number of nitrogens with one attached hydrogen (secondary N) is 1. The summed E-state index contributed by atoms with van der Waals surface area (Å²) in [5.74, 6) is 1.63. The quantitative estimate of drug-likeness (QED) is 0.462. The molecule has 0 atom stereocenters. The van der Waals surface area contributed by atoms with E-state index in [0.29, 0.717) is 24.0 Å². The fourth-order valence-corrected chi connectivity index (χ4v) is 1.26. The fraction of sp³-hybridized carbons (Fsp3) is 0.250. The molecule has 0 aliphatic heterocycles. The van der Waals surface area contributed by atoms with Crippen molar-refractivity contribution in [3.8, 4) is 11.5 Å². The van der Waals surface area contributed by atoms with Gasteiger partial charge >= 0.3 is 0 Å². The van der Waals surface area contributed by atoms with E-state index in [-0.39, 0.29) is 0 Å². The van der Waals surface area contributed by atoms with Gasteiger partial charge in [0.05, 0.1) is 20.8 Å². The lowest BCUT2D eigenvalue weighted by Gasteiger charge is -2.10. The number of aliphatic imine (C=N–C) groups is 1. The maximum absolute atomic E-state index is 5.67. The second kappa shape index (κ2) is 6.42. The summed E-state index contributed by atoms with van der Waals surface area (Å²) in [5, 5.41) is 2.95. The van der Waals surface area contributed by atoms with Gasteiger partial charge in [-0.15, -0.1) is 6.58 Å². The molecular weight excluding hydrogens is 218 g/mol. The first kappa shape index (κ1) is 12.9. The molecule has 0 saturated carbocycles. The van der Waals surface area contributed by atoms with E-state index in [2.05, 4.69) is 16.9 Å². The highest BCUT2D eigenvalue weighted by molar-refractivity contribution is 5.92. The van der Waals surface area contributed by atoms with Crippen LogP contribution in [0.4, 0.5) is 5.69 Å². The van der Waals surface area contributed by atoms with E-state index in [4.69, 9.17) is 15.2 Å². The average molecular weight is 235 g/mol. The van der Waals surface area contributed by atoms with E-state index in [1.807, 2.05) is 6.07 Å². The van der Waals surface area contributed by atoms with Crippen molar-refractivity contribution in [2.75, 3.05) is 26.1 Å². The highest BCUT2D eigenvalue weighted by Gasteiger charge is 2.04. The number of guanidine groups is 1. The first-order valence-corrected chi connectivity index (χ1v) is 5.11. The maximum Gasteiger partial charge on any atom is 0.193 e. The number of ether oxygens (including phenoxy) is 2. The van der Waals surface area contributed by atoms with E-state index in [0.717, 1.165) is 5.69 Å². The predicted octanol–water partition coefficient (Wildman–Crippen LogP) is 1.62. The summed E-state index contributed by atoms with van der Waals surface area (Å²) in [5.41, 5.74) is 6.46. The molecule has 1 aromatic rings. The normalized spacial score (nSPS) is 10.8. The molecule has 0 saturated heterocycles. The minimum Gasteiger partial charge on any atom is -0.493 e. The van der Waals surface area contributed by atoms with E-state index >= 15 is 0 Å². The molecule has 3 N–H and O–H groups in total. The molecule has 0 aliphatic carbocycles. The maximum atomic E-state index is 5.67. The summed E-state index contributed by atoms with van der Waals surface area (Å²) < 4.78 is 10.3. The summed E-state index contributed by atoms with van der Waals surface area (Å²) in [6.07, 6.45) is 1.67. The zero-order valence-electron chi connectivity index (χ0n) is 10.1. The number of hydrogen-bond acceptors (Lipinski definition) is 3. The number of benzene rings is 1. The Hall–Kier alpha value is -2.17. The second-order valence-corrected chi connectivity index (χ2v) is 3.21. The van der Waals surface area contributed by atoms with Crippen molar-refractivity contribution in [2.24, 2.45) is 10.7 Å². The second-order valence-electron chi connectivity index (χ2n) is 3.21. The average Bonchev–Trinajstić information content (AvgIpc) is 2.36. The zero-order valence-corrected chi connectivity index (χ0v) is 10.1. The van der Waals surface area contributed by atoms with Gasteiger partial charge < -0.3 is 20.5 Å². The van der Waals surface area contributed by atoms with Crippen molar-refractivity contribution in [2.45, 2.75) is 0 Å². The molecule has 0 bridgehead atoms. The lowest BCUT2D eigenvalue weighted by Crippen LogP contribution is -2.22. The largest absolute Gasteiger partial charge is 0.493 e. The fourth-order valence-electron chi connectivity index (χ4n) is 1.26. The van der Waals surface area contributed by atoms with E-state index in [9.17, 15) is 0 Å². The highest BCUT2D eigenvalue weighted by atomic mass is 16.5. The number of nitrogens with zero attached hydrogens (tertiary/aromatic N) is 1. The first-order valence-electron chi connectivity index (χ1n) is 5.11. The summed E-state index contributed by atoms with van der Waals surface area (Å²) in [6, 6.07) is 5.41. The van der Waals surface area contributed by atoms with Gasteiger partial charge in [-0.05, 0) is 12.1 Å². The van der Waals surface area contributed by atoms with Gasteiger partial charge in [-0.25, -0.2) is 4.99 Å². The van der Waals surface area contributed by atoms with Gasteiger partial charge in [0.15, 0.2) is 17.5 Å². The van der Waals surface area contributed by atoms with Crippen LogP contribution in [0.5, 0.6) is 11.5 Å². The summed E-state index contributed by atoms with van der Waals surface area (Å²) in [7, 11) is 3.17. The minimum atomic E-state index is 0.331. The molecule has 17 heavy (non-hydrogen) atoms. The Morgan fingerprint density at radius 3 is 2.71 bits per heavy atom. The molecule has 0 radical (unpaired) electrons. The van der Waals surface area contributed by atoms with Gasteiger partial charge in [0.25, 0.3) is 0 Å². The Morgan fingerprint density at radius 1 is 1.41 bits per heavy atom. The Morgan fingerprint density at radius 2 is 2.12 bits per heavy atom. The number of methoxy groups -OCH3 is 2. The van der Waals surface area contributed by atoms with Crippen LogP contribution in [0.1, 0.15) is 0 Å². The van der Waals surface area contributed by atoms with Crippen molar-refractivity contribution < 1.29 is 9.47 Å². The molecule has 1 aromatic carbocycles. The Kier molecular flexibility index (Phi) is 4.87. The van der Waals surface area contributed by atoms with Crippen LogP contribution in [0.3, 0.4) is 0 Å². The smallest absolute Gasteiger partial charge is 0.193 e. The van der Waals surface area contributed by atoms with Gasteiger partial charge in [-0.3, -0.25) is 0 Å². The van der Waals surface area contributed by atoms with Crippen LogP contribution in [0.15, 0.2) is 35.8 Å². The highest BCUT2D eigenvalue weighted by Crippen LogP contribution is 2.29. The third kappa shape index (κ3) is 3.71. The van der Waals surface area contributed by atoms with Crippen molar-refractivity contribution in [3.63, 3.8) is 0 Å². The van der Waals surface area contributed by atoms with Crippen LogP contribution >= 0.6 is 0 Å². The van der Waals surface area contributed by atoms with Gasteiger partial charge in [-0.2, -0.15) is 0 Å². The third-order valence-corrected chi connectivity index (χ3v) is 2.05. The Labute approximate surface area is 101 Å². The molecule has 1 rings (SSSR count). The molecule has 5 heteroatoms. The van der Waals surface area contributed by atoms with Crippen LogP contribution in [0, 0.1) is 0 Å². The Balaban J connectivity index is 2.82. The molecule has 0 heterocycles. The van der Waals surface area contributed by atoms with Gasteiger partial charge in [0.1, 0.15) is 0 Å². The van der Waals surface area contributed by atoms with E-state index in [1.54, 1.807) is 32.4 Å². The summed E-state index contributed by atoms with van der Waals surface area (Å²) in [6.45, 7) is 4.04. The molecule has 0 amide bonds. The first-order chi connectivity index (χ1) is 8.21. The van der Waals surface area contributed by atoms with Crippen molar-refractivity contribution in [1.29, 1.82) is 0 Å². The van der Waals surface area contributed by atoms with Gasteiger partial charge in [0, 0.05) is 11.8 Å². The van der Waals surface area contributed by atoms with Crippen LogP contribution < -0.4 is 20.5 Å². The number of hydrogen-bond donors (Lipinski definition) is 2. The minimum absolute atomic E-state index is 0.331. The van der Waals surface area contributed by atoms with E-state index in [1.165, 1.54) is 0 Å². The van der Waals surface area contributed by atoms with Crippen molar-refractivity contribution in [1.82, 2.24) is 0 Å². The molecule has 0 aliphatic rings. The van der Waals surface area contributed by atoms with Crippen molar-refractivity contribution >= 4 is 11.6 Å². The van der Waals surface area contributed by atoms with Crippen LogP contribution in [-0.2, 0) is 0 Å². The molecular formula is C12H17N3O2. The van der Waals surface area contributed by atoms with Crippen LogP contribution in [-0.4, -0.2) is 26.7 Å². The monoisotopic (exact) mass is 235 g/mol. The molecule has 0 unspecified atom stereocenters. The molecule has 92 valence electrons. The summed E-state index contributed by atoms with van der Waals surface area (Å²) >= 11 is 0. The SMILES string of the molecule is C=CCN=C(N)Nc1ccc(OC)c(OC)c1. The predicted molar refractivity (Wildman–Crippen MR) is 69.9 cm³/mol. The van der Waals surface area contributed by atoms with E-state index < -0.39 is 0 Å². The Bertz CT molecular complexity index is 416. The lowest BCUT2D eigenvalue weighted by atomic mass is 10.3. The number of anilines is 1. The van der Waals surface area contributed by atoms with Crippen LogP contribution in [0.2, 0.25) is 0 Å². The molecule has 0 fully saturated rings. The van der Waals surface area contributed by atoms with Gasteiger partial charge in [0.2, 0.25) is 0 Å². The molecule has 0 spiro atoms.